The van der Waals surface area contributed by atoms with E-state index in [1.165, 1.54) is 0 Å². The first-order chi connectivity index (χ1) is 8.77. The SMILES string of the molecule is Bc1cc(-c2ccccc2)c2cccnc2c1O. The summed E-state index contributed by atoms with van der Waals surface area (Å²) in [6, 6.07) is 16.1. The summed E-state index contributed by atoms with van der Waals surface area (Å²) >= 11 is 0. The molecular formula is C15H12BNO. The van der Waals surface area contributed by atoms with Crippen molar-refractivity contribution in [3.8, 4) is 16.9 Å². The Labute approximate surface area is 106 Å². The van der Waals surface area contributed by atoms with Gasteiger partial charge < -0.3 is 5.11 Å². The van der Waals surface area contributed by atoms with E-state index in [9.17, 15) is 5.11 Å². The Hall–Kier alpha value is -2.29. The highest BCUT2D eigenvalue weighted by Gasteiger charge is 2.10. The van der Waals surface area contributed by atoms with E-state index in [2.05, 4.69) is 17.1 Å². The fourth-order valence-corrected chi connectivity index (χ4v) is 2.22. The quantitative estimate of drug-likeness (QED) is 0.651. The van der Waals surface area contributed by atoms with Crippen molar-refractivity contribution in [1.82, 2.24) is 4.98 Å². The van der Waals surface area contributed by atoms with E-state index in [-0.39, 0.29) is 5.75 Å². The summed E-state index contributed by atoms with van der Waals surface area (Å²) < 4.78 is 0. The van der Waals surface area contributed by atoms with Crippen LogP contribution < -0.4 is 5.46 Å². The molecule has 0 aliphatic heterocycles. The zero-order valence-corrected chi connectivity index (χ0v) is 10.1. The van der Waals surface area contributed by atoms with Crippen molar-refractivity contribution in [2.45, 2.75) is 0 Å². The van der Waals surface area contributed by atoms with Crippen LogP contribution in [-0.2, 0) is 0 Å². The Balaban J connectivity index is 2.40. The first-order valence-corrected chi connectivity index (χ1v) is 5.90. The van der Waals surface area contributed by atoms with Crippen LogP contribution in [0.15, 0.2) is 54.7 Å². The van der Waals surface area contributed by atoms with E-state index in [4.69, 9.17) is 0 Å². The van der Waals surface area contributed by atoms with Crippen molar-refractivity contribution in [3.63, 3.8) is 0 Å². The Morgan fingerprint density at radius 2 is 1.78 bits per heavy atom. The van der Waals surface area contributed by atoms with Gasteiger partial charge in [-0.3, -0.25) is 4.98 Å². The van der Waals surface area contributed by atoms with Gasteiger partial charge in [-0.2, -0.15) is 0 Å². The van der Waals surface area contributed by atoms with Crippen LogP contribution in [0.4, 0.5) is 0 Å². The summed E-state index contributed by atoms with van der Waals surface area (Å²) in [5, 5.41) is 11.0. The minimum atomic E-state index is 0.269. The Morgan fingerprint density at radius 1 is 1.00 bits per heavy atom. The first-order valence-electron chi connectivity index (χ1n) is 5.90. The fourth-order valence-electron chi connectivity index (χ4n) is 2.22. The third-order valence-corrected chi connectivity index (χ3v) is 3.14. The average molecular weight is 233 g/mol. The number of rotatable bonds is 1. The van der Waals surface area contributed by atoms with E-state index < -0.39 is 0 Å². The fraction of sp³-hybridized carbons (Fsp3) is 0. The molecule has 0 fully saturated rings. The van der Waals surface area contributed by atoms with Crippen molar-refractivity contribution in [3.05, 3.63) is 54.7 Å². The molecule has 0 saturated carbocycles. The summed E-state index contributed by atoms with van der Waals surface area (Å²) in [6.45, 7) is 0. The normalized spacial score (nSPS) is 10.7. The third kappa shape index (κ3) is 1.64. The van der Waals surface area contributed by atoms with Gasteiger partial charge in [0.25, 0.3) is 0 Å². The number of nitrogens with zero attached hydrogens (tertiary/aromatic N) is 1. The molecule has 3 aromatic rings. The Kier molecular flexibility index (Phi) is 2.52. The molecular weight excluding hydrogens is 221 g/mol. The van der Waals surface area contributed by atoms with Gasteiger partial charge in [0, 0.05) is 11.6 Å². The van der Waals surface area contributed by atoms with Gasteiger partial charge in [-0.05, 0) is 22.7 Å². The van der Waals surface area contributed by atoms with Crippen molar-refractivity contribution >= 4 is 24.2 Å². The number of pyridine rings is 1. The number of aromatic nitrogens is 1. The molecule has 0 aliphatic rings. The third-order valence-electron chi connectivity index (χ3n) is 3.14. The maximum Gasteiger partial charge on any atom is 0.144 e. The molecule has 0 bridgehead atoms. The largest absolute Gasteiger partial charge is 0.506 e. The van der Waals surface area contributed by atoms with Crippen LogP contribution in [0.2, 0.25) is 0 Å². The van der Waals surface area contributed by atoms with Gasteiger partial charge in [-0.1, -0.05) is 42.5 Å². The summed E-state index contributed by atoms with van der Waals surface area (Å²) in [6.07, 6.45) is 1.70. The van der Waals surface area contributed by atoms with Gasteiger partial charge >= 0.3 is 0 Å². The zero-order valence-electron chi connectivity index (χ0n) is 10.1. The number of phenolic OH excluding ortho intramolecular Hbond substituents is 1. The number of hydrogen-bond acceptors (Lipinski definition) is 2. The average Bonchev–Trinajstić information content (AvgIpc) is 2.44. The second-order valence-corrected chi connectivity index (χ2v) is 4.36. The minimum absolute atomic E-state index is 0.269. The van der Waals surface area contributed by atoms with Crippen LogP contribution in [-0.4, -0.2) is 17.9 Å². The van der Waals surface area contributed by atoms with Crippen molar-refractivity contribution < 1.29 is 5.11 Å². The van der Waals surface area contributed by atoms with Crippen LogP contribution in [0.5, 0.6) is 5.75 Å². The van der Waals surface area contributed by atoms with Gasteiger partial charge in [-0.15, -0.1) is 0 Å². The van der Waals surface area contributed by atoms with Crippen LogP contribution in [0.1, 0.15) is 0 Å². The van der Waals surface area contributed by atoms with E-state index in [1.807, 2.05) is 44.2 Å². The second-order valence-electron chi connectivity index (χ2n) is 4.36. The van der Waals surface area contributed by atoms with Gasteiger partial charge in [0.2, 0.25) is 0 Å². The van der Waals surface area contributed by atoms with E-state index in [0.717, 1.165) is 22.0 Å². The number of benzene rings is 2. The molecule has 3 rings (SSSR count). The van der Waals surface area contributed by atoms with E-state index >= 15 is 0 Å². The van der Waals surface area contributed by atoms with Crippen molar-refractivity contribution in [1.29, 1.82) is 0 Å². The monoisotopic (exact) mass is 233 g/mol. The molecule has 0 spiro atoms. The maximum atomic E-state index is 10.1. The number of fused-ring (bicyclic) bond motifs is 1. The number of aromatic hydroxyl groups is 1. The van der Waals surface area contributed by atoms with Gasteiger partial charge in [-0.25, -0.2) is 0 Å². The van der Waals surface area contributed by atoms with Crippen LogP contribution in [0.3, 0.4) is 0 Å². The lowest BCUT2D eigenvalue weighted by molar-refractivity contribution is 0.484. The topological polar surface area (TPSA) is 33.1 Å². The van der Waals surface area contributed by atoms with E-state index in [0.29, 0.717) is 5.52 Å². The highest BCUT2D eigenvalue weighted by molar-refractivity contribution is 6.36. The molecule has 0 radical (unpaired) electrons. The highest BCUT2D eigenvalue weighted by atomic mass is 16.3. The summed E-state index contributed by atoms with van der Waals surface area (Å²) in [7, 11) is 1.90. The lowest BCUT2D eigenvalue weighted by Gasteiger charge is -2.10. The molecule has 1 N–H and O–H groups in total. The lowest BCUT2D eigenvalue weighted by atomic mass is 9.88. The number of hydrogen-bond donors (Lipinski definition) is 1. The summed E-state index contributed by atoms with van der Waals surface area (Å²) in [5.41, 5.74) is 3.75. The van der Waals surface area contributed by atoms with Gasteiger partial charge in [0.15, 0.2) is 0 Å². The Morgan fingerprint density at radius 3 is 2.56 bits per heavy atom. The van der Waals surface area contributed by atoms with Gasteiger partial charge in [0.05, 0.1) is 0 Å². The minimum Gasteiger partial charge on any atom is -0.506 e. The van der Waals surface area contributed by atoms with Crippen LogP contribution in [0, 0.1) is 0 Å². The molecule has 86 valence electrons. The molecule has 0 unspecified atom stereocenters. The molecule has 0 saturated heterocycles. The smallest absolute Gasteiger partial charge is 0.144 e. The lowest BCUT2D eigenvalue weighted by Crippen LogP contribution is -2.04. The molecule has 1 aromatic heterocycles. The predicted molar refractivity (Wildman–Crippen MR) is 77.0 cm³/mol. The zero-order chi connectivity index (χ0) is 12.5. The molecule has 2 aromatic carbocycles. The van der Waals surface area contributed by atoms with E-state index in [1.54, 1.807) is 6.20 Å². The molecule has 3 heteroatoms. The first kappa shape index (κ1) is 10.8. The van der Waals surface area contributed by atoms with Crippen LogP contribution in [0.25, 0.3) is 22.0 Å². The Bertz CT molecular complexity index is 710. The van der Waals surface area contributed by atoms with Gasteiger partial charge in [0.1, 0.15) is 19.1 Å². The summed E-state index contributed by atoms with van der Waals surface area (Å²) in [5.74, 6) is 0.269. The van der Waals surface area contributed by atoms with Crippen LogP contribution >= 0.6 is 0 Å². The molecule has 0 atom stereocenters. The molecule has 18 heavy (non-hydrogen) atoms. The van der Waals surface area contributed by atoms with Crippen molar-refractivity contribution in [2.24, 2.45) is 0 Å². The second kappa shape index (κ2) is 4.19. The van der Waals surface area contributed by atoms with Crippen molar-refractivity contribution in [2.75, 3.05) is 0 Å². The standard InChI is InChI=1S/C15H12BNO/c16-13-9-12(10-5-2-1-3-6-10)11-7-4-8-17-14(11)15(13)18/h1-9,18H,16H2. The molecule has 2 nitrogen and oxygen atoms in total. The predicted octanol–water partition coefficient (Wildman–Crippen LogP) is 1.87. The molecule has 1 heterocycles. The summed E-state index contributed by atoms with van der Waals surface area (Å²) in [4.78, 5) is 4.28. The maximum absolute atomic E-state index is 10.1. The number of phenols is 1. The highest BCUT2D eigenvalue weighted by Crippen LogP contribution is 2.30. The molecule has 0 aliphatic carbocycles. The molecule has 0 amide bonds.